The van der Waals surface area contributed by atoms with Gasteiger partial charge in [-0.2, -0.15) is 0 Å². The molecule has 0 saturated heterocycles. The Morgan fingerprint density at radius 3 is 2.27 bits per heavy atom. The van der Waals surface area contributed by atoms with Gasteiger partial charge in [-0.1, -0.05) is 29.8 Å². The second-order valence-corrected chi connectivity index (χ2v) is 8.54. The smallest absolute Gasteiger partial charge is 0.307 e. The van der Waals surface area contributed by atoms with Gasteiger partial charge in [-0.15, -0.1) is 0 Å². The number of hydrogen-bond donors (Lipinski definition) is 4. The van der Waals surface area contributed by atoms with Gasteiger partial charge in [0.15, 0.2) is 0 Å². The summed E-state index contributed by atoms with van der Waals surface area (Å²) in [6.07, 6.45) is 0. The van der Waals surface area contributed by atoms with Crippen molar-refractivity contribution in [2.24, 2.45) is 0 Å². The average Bonchev–Trinajstić information content (AvgIpc) is 2.79. The molecule has 3 aromatic rings. The molecular weight excluding hydrogens is 474 g/mol. The number of sulfonamides is 1. The summed E-state index contributed by atoms with van der Waals surface area (Å²) in [6.45, 7) is 0. The Kier molecular flexibility index (Phi) is 7.10. The molecule has 0 aliphatic heterocycles. The number of anilines is 2. The third-order valence-electron chi connectivity index (χ3n) is 4.15. The van der Waals surface area contributed by atoms with Crippen LogP contribution >= 0.6 is 11.6 Å². The molecule has 0 aliphatic rings. The van der Waals surface area contributed by atoms with Crippen LogP contribution in [0.15, 0.2) is 77.7 Å². The molecule has 0 atom stereocenters. The molecule has 0 fully saturated rings. The first-order chi connectivity index (χ1) is 15.7. The number of rotatable bonds is 6. The maximum Gasteiger partial charge on any atom is 0.337 e. The van der Waals surface area contributed by atoms with E-state index in [1.807, 2.05) is 0 Å². The van der Waals surface area contributed by atoms with Crippen molar-refractivity contribution in [3.8, 4) is 0 Å². The molecule has 0 bridgehead atoms. The topological polar surface area (TPSA) is 160 Å². The SMILES string of the molecule is O=C(NNC(=O)c1cccc(S(=O)(=O)Nc2ccccc2Cl)c1)Nc1ccc([N+](=O)[O-])cc1. The quantitative estimate of drug-likeness (QED) is 0.306. The maximum absolute atomic E-state index is 12.6. The number of nitro benzene ring substituents is 1. The lowest BCUT2D eigenvalue weighted by atomic mass is 10.2. The van der Waals surface area contributed by atoms with E-state index in [4.69, 9.17) is 11.6 Å². The van der Waals surface area contributed by atoms with Crippen molar-refractivity contribution in [3.05, 3.63) is 93.5 Å². The molecule has 3 amide bonds. The summed E-state index contributed by atoms with van der Waals surface area (Å²) >= 11 is 5.98. The van der Waals surface area contributed by atoms with Crippen molar-refractivity contribution in [3.63, 3.8) is 0 Å². The number of halogens is 1. The fourth-order valence-corrected chi connectivity index (χ4v) is 3.93. The summed E-state index contributed by atoms with van der Waals surface area (Å²) in [7, 11) is -4.04. The molecule has 170 valence electrons. The van der Waals surface area contributed by atoms with E-state index in [2.05, 4.69) is 20.9 Å². The third kappa shape index (κ3) is 6.18. The van der Waals surface area contributed by atoms with Gasteiger partial charge in [-0.25, -0.2) is 18.6 Å². The number of benzene rings is 3. The molecule has 33 heavy (non-hydrogen) atoms. The lowest BCUT2D eigenvalue weighted by molar-refractivity contribution is -0.384. The fourth-order valence-electron chi connectivity index (χ4n) is 2.57. The summed E-state index contributed by atoms with van der Waals surface area (Å²) < 4.78 is 27.6. The number of nitrogens with zero attached hydrogens (tertiary/aromatic N) is 1. The first kappa shape index (κ1) is 23.5. The number of carbonyl (C=O) groups is 2. The highest BCUT2D eigenvalue weighted by atomic mass is 35.5. The Morgan fingerprint density at radius 2 is 1.61 bits per heavy atom. The van der Waals surface area contributed by atoms with E-state index in [-0.39, 0.29) is 32.5 Å². The largest absolute Gasteiger partial charge is 0.337 e. The molecule has 3 aromatic carbocycles. The summed E-state index contributed by atoms with van der Waals surface area (Å²) in [5.41, 5.74) is 4.50. The number of nitro groups is 1. The van der Waals surface area contributed by atoms with Gasteiger partial charge >= 0.3 is 6.03 Å². The van der Waals surface area contributed by atoms with E-state index < -0.39 is 26.9 Å². The van der Waals surface area contributed by atoms with Crippen molar-refractivity contribution < 1.29 is 22.9 Å². The van der Waals surface area contributed by atoms with E-state index in [1.54, 1.807) is 12.1 Å². The van der Waals surface area contributed by atoms with Crippen LogP contribution in [0.25, 0.3) is 0 Å². The second-order valence-electron chi connectivity index (χ2n) is 6.45. The fraction of sp³-hybridized carbons (Fsp3) is 0. The van der Waals surface area contributed by atoms with Crippen molar-refractivity contribution in [2.75, 3.05) is 10.0 Å². The lowest BCUT2D eigenvalue weighted by Gasteiger charge is -2.11. The van der Waals surface area contributed by atoms with Gasteiger partial charge in [0.1, 0.15) is 0 Å². The van der Waals surface area contributed by atoms with E-state index in [1.165, 1.54) is 54.6 Å². The van der Waals surface area contributed by atoms with Gasteiger partial charge < -0.3 is 5.32 Å². The number of urea groups is 1. The van der Waals surface area contributed by atoms with E-state index >= 15 is 0 Å². The van der Waals surface area contributed by atoms with Gasteiger partial charge in [-0.3, -0.25) is 25.1 Å². The van der Waals surface area contributed by atoms with Crippen LogP contribution in [-0.4, -0.2) is 25.3 Å². The van der Waals surface area contributed by atoms with E-state index in [0.29, 0.717) is 0 Å². The lowest BCUT2D eigenvalue weighted by Crippen LogP contribution is -2.43. The number of nitrogens with one attached hydrogen (secondary N) is 4. The molecule has 4 N–H and O–H groups in total. The molecule has 0 unspecified atom stereocenters. The van der Waals surface area contributed by atoms with Crippen molar-refractivity contribution in [2.45, 2.75) is 4.90 Å². The highest BCUT2D eigenvalue weighted by Gasteiger charge is 2.18. The van der Waals surface area contributed by atoms with Crippen LogP contribution < -0.4 is 20.9 Å². The Hall–Kier alpha value is -4.16. The van der Waals surface area contributed by atoms with Crippen LogP contribution in [0.5, 0.6) is 0 Å². The number of para-hydroxylation sites is 1. The summed E-state index contributed by atoms with van der Waals surface area (Å²) in [5.74, 6) is -0.774. The number of hydrazine groups is 1. The minimum Gasteiger partial charge on any atom is -0.307 e. The van der Waals surface area contributed by atoms with Crippen LogP contribution in [0.4, 0.5) is 21.9 Å². The number of amides is 3. The highest BCUT2D eigenvalue weighted by molar-refractivity contribution is 7.92. The standard InChI is InChI=1S/C20H16ClN5O6S/c21-17-6-1-2-7-18(17)25-33(31,32)16-5-3-4-13(12-16)19(27)23-24-20(28)22-14-8-10-15(11-9-14)26(29)30/h1-12,25H,(H,23,27)(H2,22,24,28). The number of non-ortho nitro benzene ring substituents is 1. The summed E-state index contributed by atoms with van der Waals surface area (Å²) in [6, 6.07) is 15.7. The van der Waals surface area contributed by atoms with Gasteiger partial charge in [0.2, 0.25) is 0 Å². The van der Waals surface area contributed by atoms with Crippen LogP contribution in [0.2, 0.25) is 5.02 Å². The Balaban J connectivity index is 1.62. The third-order valence-corrected chi connectivity index (χ3v) is 5.84. The molecule has 0 spiro atoms. The number of hydrogen-bond acceptors (Lipinski definition) is 6. The zero-order valence-electron chi connectivity index (χ0n) is 16.6. The molecule has 0 saturated carbocycles. The maximum atomic E-state index is 12.6. The van der Waals surface area contributed by atoms with Crippen LogP contribution in [-0.2, 0) is 10.0 Å². The van der Waals surface area contributed by atoms with Crippen molar-refractivity contribution in [1.82, 2.24) is 10.9 Å². The van der Waals surface area contributed by atoms with Gasteiger partial charge in [0, 0.05) is 23.4 Å². The number of carbonyl (C=O) groups excluding carboxylic acids is 2. The molecule has 3 rings (SSSR count). The molecule has 0 heterocycles. The van der Waals surface area contributed by atoms with Gasteiger partial charge in [-0.05, 0) is 42.5 Å². The van der Waals surface area contributed by atoms with E-state index in [9.17, 15) is 28.1 Å². The second kappa shape index (κ2) is 9.97. The van der Waals surface area contributed by atoms with Crippen molar-refractivity contribution >= 4 is 50.6 Å². The highest BCUT2D eigenvalue weighted by Crippen LogP contribution is 2.24. The zero-order valence-corrected chi connectivity index (χ0v) is 18.2. The normalized spacial score (nSPS) is 10.7. The van der Waals surface area contributed by atoms with E-state index in [0.717, 1.165) is 6.07 Å². The molecule has 0 radical (unpaired) electrons. The van der Waals surface area contributed by atoms with Gasteiger partial charge in [0.05, 0.1) is 20.5 Å². The zero-order chi connectivity index (χ0) is 24.0. The van der Waals surface area contributed by atoms with Crippen LogP contribution in [0.3, 0.4) is 0 Å². The first-order valence-electron chi connectivity index (χ1n) is 9.15. The molecule has 13 heteroatoms. The van der Waals surface area contributed by atoms with Crippen molar-refractivity contribution in [1.29, 1.82) is 0 Å². The molecule has 0 aliphatic carbocycles. The minimum absolute atomic E-state index is 0.0346. The molecule has 11 nitrogen and oxygen atoms in total. The van der Waals surface area contributed by atoms with Crippen LogP contribution in [0, 0.1) is 10.1 Å². The minimum atomic E-state index is -4.04. The first-order valence-corrected chi connectivity index (χ1v) is 11.0. The van der Waals surface area contributed by atoms with Gasteiger partial charge in [0.25, 0.3) is 21.6 Å². The molecule has 0 aromatic heterocycles. The molecular formula is C20H16ClN5O6S. The summed E-state index contributed by atoms with van der Waals surface area (Å²) in [4.78, 5) is 34.2. The predicted molar refractivity (Wildman–Crippen MR) is 121 cm³/mol. The monoisotopic (exact) mass is 489 g/mol. The van der Waals surface area contributed by atoms with Crippen LogP contribution in [0.1, 0.15) is 10.4 Å². The Morgan fingerprint density at radius 1 is 0.909 bits per heavy atom. The summed E-state index contributed by atoms with van der Waals surface area (Å²) in [5, 5.41) is 13.2. The predicted octanol–water partition coefficient (Wildman–Crippen LogP) is 3.52. The Bertz CT molecular complexity index is 1310. The average molecular weight is 490 g/mol. The Labute approximate surface area is 192 Å².